The van der Waals surface area contributed by atoms with Gasteiger partial charge in [0.2, 0.25) is 15.9 Å². The van der Waals surface area contributed by atoms with Crippen LogP contribution in [0.3, 0.4) is 0 Å². The molecule has 1 aromatic heterocycles. The maximum Gasteiger partial charge on any atom is 0.330 e. The van der Waals surface area contributed by atoms with Gasteiger partial charge in [0.1, 0.15) is 5.76 Å². The van der Waals surface area contributed by atoms with Crippen LogP contribution in [0.15, 0.2) is 64.1 Å². The van der Waals surface area contributed by atoms with Gasteiger partial charge in [0.25, 0.3) is 0 Å². The summed E-state index contributed by atoms with van der Waals surface area (Å²) in [6.45, 7) is 1.91. The van der Waals surface area contributed by atoms with Gasteiger partial charge in [-0.15, -0.1) is 0 Å². The number of esters is 1. The molecule has 2 N–H and O–H groups in total. The Kier molecular flexibility index (Phi) is 6.70. The Hall–Kier alpha value is -2.91. The third-order valence-corrected chi connectivity index (χ3v) is 4.52. The molecule has 0 bridgehead atoms. The van der Waals surface area contributed by atoms with Crippen LogP contribution >= 0.6 is 0 Å². The highest BCUT2D eigenvalue weighted by Crippen LogP contribution is 2.14. The number of hydrogen-bond acceptors (Lipinski definition) is 6. The van der Waals surface area contributed by atoms with Crippen molar-refractivity contribution in [2.45, 2.75) is 18.4 Å². The number of rotatable bonds is 8. The number of sulfonamides is 1. The zero-order chi connectivity index (χ0) is 19.0. The summed E-state index contributed by atoms with van der Waals surface area (Å²) >= 11 is 0. The van der Waals surface area contributed by atoms with Crippen LogP contribution in [0.4, 0.5) is 5.69 Å². The van der Waals surface area contributed by atoms with E-state index < -0.39 is 21.9 Å². The molecule has 0 atom stereocenters. The number of nitrogens with one attached hydrogen (secondary N) is 2. The first-order valence-electron chi connectivity index (χ1n) is 7.68. The Morgan fingerprint density at radius 2 is 1.88 bits per heavy atom. The summed E-state index contributed by atoms with van der Waals surface area (Å²) in [7, 11) is -3.71. The van der Waals surface area contributed by atoms with Gasteiger partial charge in [0.05, 0.1) is 24.3 Å². The summed E-state index contributed by atoms with van der Waals surface area (Å²) in [5.74, 6) is -0.665. The molecule has 0 aliphatic heterocycles. The van der Waals surface area contributed by atoms with Crippen LogP contribution in [-0.2, 0) is 30.9 Å². The first-order chi connectivity index (χ1) is 12.4. The average molecular weight is 378 g/mol. The van der Waals surface area contributed by atoms with Gasteiger partial charge in [-0.25, -0.2) is 17.9 Å². The molecule has 1 heterocycles. The van der Waals surface area contributed by atoms with E-state index in [1.807, 2.05) is 0 Å². The molecule has 0 spiro atoms. The number of benzene rings is 1. The molecule has 0 aliphatic carbocycles. The lowest BCUT2D eigenvalue weighted by atomic mass is 10.3. The smallest absolute Gasteiger partial charge is 0.330 e. The fourth-order valence-electron chi connectivity index (χ4n) is 1.90. The van der Waals surface area contributed by atoms with Crippen molar-refractivity contribution >= 4 is 27.6 Å². The van der Waals surface area contributed by atoms with Crippen LogP contribution in [0.2, 0.25) is 0 Å². The maximum absolute atomic E-state index is 12.2. The predicted octanol–water partition coefficient (Wildman–Crippen LogP) is 1.82. The second-order valence-electron chi connectivity index (χ2n) is 5.00. The molecule has 2 aromatic rings. The Morgan fingerprint density at radius 3 is 2.50 bits per heavy atom. The molecule has 9 heteroatoms. The summed E-state index contributed by atoms with van der Waals surface area (Å²) in [6.07, 6.45) is 3.50. The molecule has 1 aromatic carbocycles. The molecule has 138 valence electrons. The molecular weight excluding hydrogens is 360 g/mol. The standard InChI is InChI=1S/C17H18N2O6S/c1-2-24-17(21)10-9-16(20)19-13-5-7-15(8-6-13)26(22,23)18-12-14-4-3-11-25-14/h3-11,18H,2,12H2,1H3,(H,19,20)/b10-9+. The fraction of sp³-hybridized carbons (Fsp3) is 0.176. The van der Waals surface area contributed by atoms with E-state index in [-0.39, 0.29) is 18.0 Å². The molecule has 8 nitrogen and oxygen atoms in total. The van der Waals surface area contributed by atoms with Gasteiger partial charge in [-0.1, -0.05) is 0 Å². The third kappa shape index (κ3) is 5.87. The van der Waals surface area contributed by atoms with E-state index in [9.17, 15) is 18.0 Å². The van der Waals surface area contributed by atoms with E-state index in [0.29, 0.717) is 11.4 Å². The van der Waals surface area contributed by atoms with Gasteiger partial charge in [0, 0.05) is 17.8 Å². The quantitative estimate of drug-likeness (QED) is 0.535. The monoisotopic (exact) mass is 378 g/mol. The summed E-state index contributed by atoms with van der Waals surface area (Å²) in [4.78, 5) is 22.9. The van der Waals surface area contributed by atoms with E-state index in [1.54, 1.807) is 19.1 Å². The zero-order valence-electron chi connectivity index (χ0n) is 14.0. The van der Waals surface area contributed by atoms with E-state index in [4.69, 9.17) is 4.42 Å². The van der Waals surface area contributed by atoms with Gasteiger partial charge < -0.3 is 14.5 Å². The molecule has 0 saturated heterocycles. The normalized spacial score (nSPS) is 11.4. The molecule has 0 fully saturated rings. The molecule has 0 aliphatic rings. The number of amides is 1. The number of ether oxygens (including phenoxy) is 1. The van der Waals surface area contributed by atoms with E-state index >= 15 is 0 Å². The van der Waals surface area contributed by atoms with Gasteiger partial charge in [-0.3, -0.25) is 4.79 Å². The van der Waals surface area contributed by atoms with E-state index in [0.717, 1.165) is 12.2 Å². The van der Waals surface area contributed by atoms with Crippen LogP contribution in [-0.4, -0.2) is 26.9 Å². The first-order valence-corrected chi connectivity index (χ1v) is 9.17. The van der Waals surface area contributed by atoms with Crippen LogP contribution < -0.4 is 10.0 Å². The average Bonchev–Trinajstić information content (AvgIpc) is 3.13. The van der Waals surface area contributed by atoms with Gasteiger partial charge in [-0.05, 0) is 43.3 Å². The summed E-state index contributed by atoms with van der Waals surface area (Å²) in [6, 6.07) is 8.92. The Balaban J connectivity index is 1.94. The number of carbonyl (C=O) groups is 2. The van der Waals surface area contributed by atoms with Crippen molar-refractivity contribution in [3.8, 4) is 0 Å². The van der Waals surface area contributed by atoms with Crippen LogP contribution in [0.1, 0.15) is 12.7 Å². The molecule has 0 radical (unpaired) electrons. The number of anilines is 1. The van der Waals surface area contributed by atoms with Crippen LogP contribution in [0.25, 0.3) is 0 Å². The highest BCUT2D eigenvalue weighted by molar-refractivity contribution is 7.89. The summed E-state index contributed by atoms with van der Waals surface area (Å²) in [5, 5.41) is 2.51. The lowest BCUT2D eigenvalue weighted by molar-refractivity contribution is -0.137. The topological polar surface area (TPSA) is 115 Å². The first kappa shape index (κ1) is 19.4. The van der Waals surface area contributed by atoms with E-state index in [2.05, 4.69) is 14.8 Å². The molecule has 2 rings (SSSR count). The maximum atomic E-state index is 12.2. The van der Waals surface area contributed by atoms with Crippen molar-refractivity contribution in [2.75, 3.05) is 11.9 Å². The van der Waals surface area contributed by atoms with Crippen molar-refractivity contribution in [3.63, 3.8) is 0 Å². The lowest BCUT2D eigenvalue weighted by Crippen LogP contribution is -2.23. The highest BCUT2D eigenvalue weighted by Gasteiger charge is 2.14. The van der Waals surface area contributed by atoms with Crippen LogP contribution in [0, 0.1) is 0 Å². The molecule has 0 unspecified atom stereocenters. The van der Waals surface area contributed by atoms with E-state index in [1.165, 1.54) is 30.5 Å². The van der Waals surface area contributed by atoms with Crippen molar-refractivity contribution in [1.82, 2.24) is 4.72 Å². The Bertz CT molecular complexity index is 870. The van der Waals surface area contributed by atoms with Crippen molar-refractivity contribution < 1.29 is 27.2 Å². The van der Waals surface area contributed by atoms with Crippen molar-refractivity contribution in [1.29, 1.82) is 0 Å². The van der Waals surface area contributed by atoms with Gasteiger partial charge in [-0.2, -0.15) is 0 Å². The van der Waals surface area contributed by atoms with Crippen molar-refractivity contribution in [2.24, 2.45) is 0 Å². The van der Waals surface area contributed by atoms with Gasteiger partial charge >= 0.3 is 5.97 Å². The minimum Gasteiger partial charge on any atom is -0.468 e. The second kappa shape index (κ2) is 8.97. The van der Waals surface area contributed by atoms with Gasteiger partial charge in [0.15, 0.2) is 0 Å². The SMILES string of the molecule is CCOC(=O)/C=C/C(=O)Nc1ccc(S(=O)(=O)NCc2ccco2)cc1. The fourth-order valence-corrected chi connectivity index (χ4v) is 2.89. The second-order valence-corrected chi connectivity index (χ2v) is 6.77. The largest absolute Gasteiger partial charge is 0.468 e. The Morgan fingerprint density at radius 1 is 1.15 bits per heavy atom. The van der Waals surface area contributed by atoms with Crippen molar-refractivity contribution in [3.05, 3.63) is 60.6 Å². The number of furan rings is 1. The molecular formula is C17H18N2O6S. The summed E-state index contributed by atoms with van der Waals surface area (Å²) < 4.78 is 36.5. The predicted molar refractivity (Wildman–Crippen MR) is 93.6 cm³/mol. The molecule has 0 saturated carbocycles. The number of hydrogen-bond donors (Lipinski definition) is 2. The Labute approximate surface area is 150 Å². The molecule has 26 heavy (non-hydrogen) atoms. The minimum absolute atomic E-state index is 0.0342. The van der Waals surface area contributed by atoms with Crippen LogP contribution in [0.5, 0.6) is 0 Å². The lowest BCUT2D eigenvalue weighted by Gasteiger charge is -2.07. The number of carbonyl (C=O) groups excluding carboxylic acids is 2. The highest BCUT2D eigenvalue weighted by atomic mass is 32.2. The third-order valence-electron chi connectivity index (χ3n) is 3.11. The summed E-state index contributed by atoms with van der Waals surface area (Å²) in [5.41, 5.74) is 0.383. The minimum atomic E-state index is -3.71. The zero-order valence-corrected chi connectivity index (χ0v) is 14.8. The molecule has 1 amide bonds.